The molecule has 0 aliphatic rings. The van der Waals surface area contributed by atoms with Gasteiger partial charge in [-0.15, -0.1) is 0 Å². The molecule has 4 heteroatoms. The van der Waals surface area contributed by atoms with Crippen LogP contribution in [0.15, 0.2) is 30.5 Å². The summed E-state index contributed by atoms with van der Waals surface area (Å²) < 4.78 is 0. The summed E-state index contributed by atoms with van der Waals surface area (Å²) in [5, 5.41) is 10.1. The molecule has 2 aromatic rings. The minimum atomic E-state index is -0.739. The summed E-state index contributed by atoms with van der Waals surface area (Å²) in [5.74, 6) is -0.270. The number of carboxylic acids is 1. The Labute approximate surface area is 125 Å². The summed E-state index contributed by atoms with van der Waals surface area (Å²) in [6.45, 7) is 4.97. The van der Waals surface area contributed by atoms with Crippen LogP contribution in [-0.2, 0) is 11.2 Å². The Bertz CT molecular complexity index is 604. The number of nitrogens with zero attached hydrogens (tertiary/aromatic N) is 1. The van der Waals surface area contributed by atoms with Crippen LogP contribution in [0.5, 0.6) is 0 Å². The molecule has 21 heavy (non-hydrogen) atoms. The number of likely N-dealkylation sites (N-methyl/N-ethyl adjacent to an activating group) is 1. The quantitative estimate of drug-likeness (QED) is 0.823. The van der Waals surface area contributed by atoms with Crippen molar-refractivity contribution >= 4 is 16.9 Å². The van der Waals surface area contributed by atoms with Crippen LogP contribution in [0.1, 0.15) is 25.8 Å². The number of H-pyrrole nitrogens is 1. The lowest BCUT2D eigenvalue weighted by atomic mass is 9.95. The molecule has 4 nitrogen and oxygen atoms in total. The number of benzene rings is 1. The second kappa shape index (κ2) is 6.76. The van der Waals surface area contributed by atoms with E-state index < -0.39 is 5.97 Å². The number of rotatable bonds is 7. The molecule has 0 saturated carbocycles. The van der Waals surface area contributed by atoms with Gasteiger partial charge in [-0.2, -0.15) is 0 Å². The Hall–Kier alpha value is -1.81. The van der Waals surface area contributed by atoms with Gasteiger partial charge in [-0.05, 0) is 31.0 Å². The third kappa shape index (κ3) is 3.85. The van der Waals surface area contributed by atoms with Crippen LogP contribution >= 0.6 is 0 Å². The molecule has 0 amide bonds. The Morgan fingerprint density at radius 2 is 2.05 bits per heavy atom. The monoisotopic (exact) mass is 288 g/mol. The number of hydrogen-bond acceptors (Lipinski definition) is 2. The number of aromatic amines is 1. The zero-order valence-electron chi connectivity index (χ0n) is 13.0. The molecular formula is C17H24N2O2. The number of hydrogen-bond donors (Lipinski definition) is 2. The van der Waals surface area contributed by atoms with Crippen LogP contribution in [0.25, 0.3) is 10.9 Å². The van der Waals surface area contributed by atoms with E-state index in [-0.39, 0.29) is 6.42 Å². The maximum absolute atomic E-state index is 10.8. The average molecular weight is 288 g/mol. The van der Waals surface area contributed by atoms with E-state index in [4.69, 9.17) is 5.11 Å². The Morgan fingerprint density at radius 1 is 1.33 bits per heavy atom. The standard InChI is InChI=1S/C17H24N2O2/c1-12(2)16(19(3)9-8-17(20)21)10-13-11-18-15-7-5-4-6-14(13)15/h4-7,11-12,16,18H,8-10H2,1-3H3,(H,20,21). The van der Waals surface area contributed by atoms with Gasteiger partial charge in [0.25, 0.3) is 0 Å². The SMILES string of the molecule is CC(C)C(Cc1c[nH]c2ccccc12)N(C)CCC(=O)O. The van der Waals surface area contributed by atoms with Gasteiger partial charge in [0.2, 0.25) is 0 Å². The number of aromatic nitrogens is 1. The first-order valence-electron chi connectivity index (χ1n) is 7.46. The van der Waals surface area contributed by atoms with Gasteiger partial charge in [0.05, 0.1) is 6.42 Å². The van der Waals surface area contributed by atoms with Crippen LogP contribution in [0, 0.1) is 5.92 Å². The van der Waals surface area contributed by atoms with E-state index in [0.717, 1.165) is 11.9 Å². The van der Waals surface area contributed by atoms with Gasteiger partial charge in [0, 0.05) is 29.7 Å². The number of carbonyl (C=O) groups is 1. The van der Waals surface area contributed by atoms with E-state index in [1.807, 2.05) is 13.1 Å². The molecule has 2 N–H and O–H groups in total. The van der Waals surface area contributed by atoms with Crippen LogP contribution in [0.4, 0.5) is 0 Å². The Morgan fingerprint density at radius 3 is 2.71 bits per heavy atom. The van der Waals surface area contributed by atoms with Crippen molar-refractivity contribution in [3.63, 3.8) is 0 Å². The van der Waals surface area contributed by atoms with Gasteiger partial charge in [-0.1, -0.05) is 32.0 Å². The lowest BCUT2D eigenvalue weighted by Gasteiger charge is -2.31. The fraction of sp³-hybridized carbons (Fsp3) is 0.471. The second-order valence-electron chi connectivity index (χ2n) is 6.00. The Kier molecular flexibility index (Phi) is 5.02. The zero-order valence-corrected chi connectivity index (χ0v) is 13.0. The number of carboxylic acid groups (broad SMARTS) is 1. The molecule has 1 aromatic carbocycles. The maximum Gasteiger partial charge on any atom is 0.304 e. The van der Waals surface area contributed by atoms with E-state index in [1.54, 1.807) is 0 Å². The van der Waals surface area contributed by atoms with Crippen molar-refractivity contribution in [3.05, 3.63) is 36.0 Å². The minimum absolute atomic E-state index is 0.188. The molecule has 0 fully saturated rings. The molecule has 0 spiro atoms. The molecule has 0 saturated heterocycles. The highest BCUT2D eigenvalue weighted by atomic mass is 16.4. The lowest BCUT2D eigenvalue weighted by Crippen LogP contribution is -2.38. The highest BCUT2D eigenvalue weighted by Gasteiger charge is 2.21. The van der Waals surface area contributed by atoms with Crippen LogP contribution in [0.3, 0.4) is 0 Å². The summed E-state index contributed by atoms with van der Waals surface area (Å²) in [6.07, 6.45) is 3.19. The molecular weight excluding hydrogens is 264 g/mol. The van der Waals surface area contributed by atoms with Crippen molar-refractivity contribution < 1.29 is 9.90 Å². The van der Waals surface area contributed by atoms with Crippen molar-refractivity contribution in [1.82, 2.24) is 9.88 Å². The fourth-order valence-electron chi connectivity index (χ4n) is 2.86. The molecule has 0 bridgehead atoms. The highest BCUT2D eigenvalue weighted by Crippen LogP contribution is 2.23. The first-order chi connectivity index (χ1) is 9.99. The molecule has 1 heterocycles. The first kappa shape index (κ1) is 15.6. The normalized spacial score (nSPS) is 13.2. The van der Waals surface area contributed by atoms with Gasteiger partial charge in [-0.3, -0.25) is 4.79 Å². The van der Waals surface area contributed by atoms with Gasteiger partial charge >= 0.3 is 5.97 Å². The van der Waals surface area contributed by atoms with E-state index in [2.05, 4.69) is 48.1 Å². The predicted molar refractivity (Wildman–Crippen MR) is 85.5 cm³/mol. The Balaban J connectivity index is 2.14. The van der Waals surface area contributed by atoms with Gasteiger partial charge in [0.1, 0.15) is 0 Å². The molecule has 0 radical (unpaired) electrons. The molecule has 2 rings (SSSR count). The number of nitrogens with one attached hydrogen (secondary N) is 1. The van der Waals surface area contributed by atoms with E-state index >= 15 is 0 Å². The minimum Gasteiger partial charge on any atom is -0.481 e. The van der Waals surface area contributed by atoms with Crippen molar-refractivity contribution in [1.29, 1.82) is 0 Å². The second-order valence-corrected chi connectivity index (χ2v) is 6.00. The molecule has 0 aliphatic heterocycles. The van der Waals surface area contributed by atoms with Crippen LogP contribution < -0.4 is 0 Å². The topological polar surface area (TPSA) is 56.3 Å². The summed E-state index contributed by atoms with van der Waals surface area (Å²) in [4.78, 5) is 16.2. The van der Waals surface area contributed by atoms with Crippen LogP contribution in [0.2, 0.25) is 0 Å². The fourth-order valence-corrected chi connectivity index (χ4v) is 2.86. The summed E-state index contributed by atoms with van der Waals surface area (Å²) in [5.41, 5.74) is 2.45. The molecule has 1 atom stereocenters. The molecule has 1 aromatic heterocycles. The predicted octanol–water partition coefficient (Wildman–Crippen LogP) is 3.14. The smallest absolute Gasteiger partial charge is 0.304 e. The largest absolute Gasteiger partial charge is 0.481 e. The molecule has 0 aliphatic carbocycles. The average Bonchev–Trinajstić information content (AvgIpc) is 2.85. The molecule has 1 unspecified atom stereocenters. The first-order valence-corrected chi connectivity index (χ1v) is 7.46. The number of fused-ring (bicyclic) bond motifs is 1. The summed E-state index contributed by atoms with van der Waals surface area (Å²) in [7, 11) is 2.02. The van der Waals surface area contributed by atoms with E-state index in [9.17, 15) is 4.79 Å². The third-order valence-corrected chi connectivity index (χ3v) is 4.12. The van der Waals surface area contributed by atoms with E-state index in [0.29, 0.717) is 18.5 Å². The molecule has 114 valence electrons. The third-order valence-electron chi connectivity index (χ3n) is 4.12. The van der Waals surface area contributed by atoms with Crippen molar-refractivity contribution in [2.75, 3.05) is 13.6 Å². The van der Waals surface area contributed by atoms with Crippen LogP contribution in [-0.4, -0.2) is 40.6 Å². The summed E-state index contributed by atoms with van der Waals surface area (Å²) in [6, 6.07) is 8.64. The van der Waals surface area contributed by atoms with Gasteiger partial charge in [0.15, 0.2) is 0 Å². The maximum atomic E-state index is 10.8. The van der Waals surface area contributed by atoms with Crippen molar-refractivity contribution in [2.45, 2.75) is 32.7 Å². The van der Waals surface area contributed by atoms with Gasteiger partial charge in [-0.25, -0.2) is 0 Å². The number of para-hydroxylation sites is 1. The van der Waals surface area contributed by atoms with E-state index in [1.165, 1.54) is 10.9 Å². The lowest BCUT2D eigenvalue weighted by molar-refractivity contribution is -0.137. The highest BCUT2D eigenvalue weighted by molar-refractivity contribution is 5.83. The van der Waals surface area contributed by atoms with Gasteiger partial charge < -0.3 is 15.0 Å². The van der Waals surface area contributed by atoms with Crippen molar-refractivity contribution in [2.24, 2.45) is 5.92 Å². The number of aliphatic carboxylic acids is 1. The van der Waals surface area contributed by atoms with Crippen molar-refractivity contribution in [3.8, 4) is 0 Å². The summed E-state index contributed by atoms with van der Waals surface area (Å²) >= 11 is 0. The zero-order chi connectivity index (χ0) is 15.4.